The summed E-state index contributed by atoms with van der Waals surface area (Å²) < 4.78 is 0. The highest BCUT2D eigenvalue weighted by atomic mass is 35.5. The Balaban J connectivity index is 2.27. The molecule has 1 fully saturated rings. The molecule has 1 aliphatic rings. The van der Waals surface area contributed by atoms with Crippen molar-refractivity contribution in [3.05, 3.63) is 28.8 Å². The number of anilines is 1. The summed E-state index contributed by atoms with van der Waals surface area (Å²) >= 11 is 5.91. The van der Waals surface area contributed by atoms with E-state index in [1.54, 1.807) is 12.1 Å². The van der Waals surface area contributed by atoms with E-state index in [2.05, 4.69) is 5.32 Å². The molecule has 6 heteroatoms. The molecule has 0 bridgehead atoms. The van der Waals surface area contributed by atoms with Crippen molar-refractivity contribution in [1.82, 2.24) is 0 Å². The lowest BCUT2D eigenvalue weighted by atomic mass is 9.73. The maximum absolute atomic E-state index is 12.6. The zero-order chi connectivity index (χ0) is 15.5. The van der Waals surface area contributed by atoms with Crippen LogP contribution in [0, 0.1) is 5.41 Å². The van der Waals surface area contributed by atoms with Crippen LogP contribution in [0.4, 0.5) is 5.69 Å². The second-order valence-electron chi connectivity index (χ2n) is 5.47. The fraction of sp³-hybridized carbons (Fsp3) is 0.467. The van der Waals surface area contributed by atoms with Gasteiger partial charge in [0.15, 0.2) is 0 Å². The van der Waals surface area contributed by atoms with Gasteiger partial charge in [-0.05, 0) is 25.0 Å². The fourth-order valence-electron chi connectivity index (χ4n) is 2.85. The molecule has 1 aromatic rings. The van der Waals surface area contributed by atoms with E-state index in [1.807, 2.05) is 0 Å². The molecule has 4 N–H and O–H groups in total. The Morgan fingerprint density at radius 3 is 2.52 bits per heavy atom. The zero-order valence-corrected chi connectivity index (χ0v) is 12.4. The van der Waals surface area contributed by atoms with Crippen LogP contribution in [0.2, 0.25) is 5.02 Å². The third-order valence-corrected chi connectivity index (χ3v) is 4.47. The molecule has 0 spiro atoms. The number of nitrogens with two attached hydrogens (primary N) is 1. The number of hydrogen-bond donors (Lipinski definition) is 3. The van der Waals surface area contributed by atoms with Crippen LogP contribution >= 0.6 is 11.6 Å². The summed E-state index contributed by atoms with van der Waals surface area (Å²) in [6.07, 6.45) is 4.50. The summed E-state index contributed by atoms with van der Waals surface area (Å²) in [7, 11) is 0. The molecule has 0 aromatic heterocycles. The number of nitrogens with one attached hydrogen (secondary N) is 1. The quantitative estimate of drug-likeness (QED) is 0.797. The molecule has 0 aliphatic heterocycles. The van der Waals surface area contributed by atoms with E-state index in [9.17, 15) is 14.7 Å². The number of benzene rings is 1. The Morgan fingerprint density at radius 2 is 1.95 bits per heavy atom. The maximum atomic E-state index is 12.6. The molecule has 0 heterocycles. The SMILES string of the molecule is NCC1(C(=O)Nc2cccc(Cl)c2C(=O)O)CCCCC1. The van der Waals surface area contributed by atoms with Gasteiger partial charge >= 0.3 is 5.97 Å². The van der Waals surface area contributed by atoms with Gasteiger partial charge in [0.25, 0.3) is 0 Å². The topological polar surface area (TPSA) is 92.4 Å². The predicted octanol–water partition coefficient (Wildman–Crippen LogP) is 2.89. The molecule has 0 saturated heterocycles. The maximum Gasteiger partial charge on any atom is 0.339 e. The fourth-order valence-corrected chi connectivity index (χ4v) is 3.11. The molecule has 21 heavy (non-hydrogen) atoms. The number of carbonyl (C=O) groups excluding carboxylic acids is 1. The number of carboxylic acids is 1. The van der Waals surface area contributed by atoms with E-state index in [0.29, 0.717) is 0 Å². The Bertz CT molecular complexity index is 554. The van der Waals surface area contributed by atoms with Crippen LogP contribution < -0.4 is 11.1 Å². The van der Waals surface area contributed by atoms with Gasteiger partial charge in [-0.25, -0.2) is 4.79 Å². The molecule has 1 saturated carbocycles. The van der Waals surface area contributed by atoms with Crippen molar-refractivity contribution < 1.29 is 14.7 Å². The molecule has 0 atom stereocenters. The third kappa shape index (κ3) is 3.19. The molecule has 0 unspecified atom stereocenters. The summed E-state index contributed by atoms with van der Waals surface area (Å²) in [4.78, 5) is 23.9. The molecule has 2 rings (SSSR count). The van der Waals surface area contributed by atoms with Crippen molar-refractivity contribution in [3.8, 4) is 0 Å². The smallest absolute Gasteiger partial charge is 0.339 e. The van der Waals surface area contributed by atoms with Crippen molar-refractivity contribution in [1.29, 1.82) is 0 Å². The Labute approximate surface area is 128 Å². The second-order valence-corrected chi connectivity index (χ2v) is 5.87. The van der Waals surface area contributed by atoms with Crippen molar-refractivity contribution in [2.24, 2.45) is 11.1 Å². The van der Waals surface area contributed by atoms with E-state index in [0.717, 1.165) is 32.1 Å². The highest BCUT2D eigenvalue weighted by Crippen LogP contribution is 2.37. The molecule has 1 aliphatic carbocycles. The number of carbonyl (C=O) groups is 2. The van der Waals surface area contributed by atoms with Gasteiger partial charge in [-0.2, -0.15) is 0 Å². The number of amides is 1. The minimum atomic E-state index is -1.17. The van der Waals surface area contributed by atoms with Gasteiger partial charge in [0.1, 0.15) is 5.56 Å². The molecular weight excluding hydrogens is 292 g/mol. The highest BCUT2D eigenvalue weighted by Gasteiger charge is 2.38. The third-order valence-electron chi connectivity index (χ3n) is 4.16. The van der Waals surface area contributed by atoms with Crippen molar-refractivity contribution >= 4 is 29.2 Å². The van der Waals surface area contributed by atoms with Gasteiger partial charge in [0.2, 0.25) is 5.91 Å². The van der Waals surface area contributed by atoms with Gasteiger partial charge in [-0.3, -0.25) is 4.79 Å². The predicted molar refractivity (Wildman–Crippen MR) is 81.6 cm³/mol. The van der Waals surface area contributed by atoms with Crippen LogP contribution in [0.1, 0.15) is 42.5 Å². The molecule has 5 nitrogen and oxygen atoms in total. The zero-order valence-electron chi connectivity index (χ0n) is 11.7. The second kappa shape index (κ2) is 6.45. The van der Waals surface area contributed by atoms with Crippen LogP contribution in [0.3, 0.4) is 0 Å². The Morgan fingerprint density at radius 1 is 1.29 bits per heavy atom. The Kier molecular flexibility index (Phi) is 4.85. The summed E-state index contributed by atoms with van der Waals surface area (Å²) in [5.74, 6) is -1.38. The lowest BCUT2D eigenvalue weighted by molar-refractivity contribution is -0.126. The molecule has 114 valence electrons. The summed E-state index contributed by atoms with van der Waals surface area (Å²) in [6.45, 7) is 0.266. The van der Waals surface area contributed by atoms with E-state index in [1.165, 1.54) is 6.07 Å². The molecule has 0 radical (unpaired) electrons. The average molecular weight is 311 g/mol. The van der Waals surface area contributed by atoms with Gasteiger partial charge in [0.05, 0.1) is 16.1 Å². The van der Waals surface area contributed by atoms with Crippen molar-refractivity contribution in [2.75, 3.05) is 11.9 Å². The van der Waals surface area contributed by atoms with Crippen LogP contribution in [0.15, 0.2) is 18.2 Å². The number of halogens is 1. The van der Waals surface area contributed by atoms with E-state index in [4.69, 9.17) is 17.3 Å². The number of carboxylic acid groups (broad SMARTS) is 1. The average Bonchev–Trinajstić information content (AvgIpc) is 2.47. The first-order valence-corrected chi connectivity index (χ1v) is 7.41. The first-order chi connectivity index (χ1) is 10.00. The number of rotatable bonds is 4. The molecular formula is C15H19ClN2O3. The normalized spacial score (nSPS) is 17.2. The van der Waals surface area contributed by atoms with Gasteiger partial charge in [-0.1, -0.05) is 36.9 Å². The van der Waals surface area contributed by atoms with Crippen molar-refractivity contribution in [2.45, 2.75) is 32.1 Å². The Hall–Kier alpha value is -1.59. The number of hydrogen-bond acceptors (Lipinski definition) is 3. The van der Waals surface area contributed by atoms with Crippen LogP contribution in [0.5, 0.6) is 0 Å². The molecule has 1 aromatic carbocycles. The summed E-state index contributed by atoms with van der Waals surface area (Å²) in [5, 5.41) is 12.0. The lowest BCUT2D eigenvalue weighted by Crippen LogP contribution is -2.44. The van der Waals surface area contributed by atoms with Gasteiger partial charge in [0, 0.05) is 6.54 Å². The first kappa shape index (κ1) is 15.8. The van der Waals surface area contributed by atoms with Crippen LogP contribution in [-0.2, 0) is 4.79 Å². The van der Waals surface area contributed by atoms with Gasteiger partial charge in [-0.15, -0.1) is 0 Å². The van der Waals surface area contributed by atoms with E-state index >= 15 is 0 Å². The monoisotopic (exact) mass is 310 g/mol. The summed E-state index contributed by atoms with van der Waals surface area (Å²) in [5.41, 5.74) is 5.35. The highest BCUT2D eigenvalue weighted by molar-refractivity contribution is 6.34. The van der Waals surface area contributed by atoms with Gasteiger partial charge < -0.3 is 16.2 Å². The van der Waals surface area contributed by atoms with Crippen molar-refractivity contribution in [3.63, 3.8) is 0 Å². The largest absolute Gasteiger partial charge is 0.478 e. The minimum Gasteiger partial charge on any atom is -0.478 e. The first-order valence-electron chi connectivity index (χ1n) is 7.03. The minimum absolute atomic E-state index is 0.0875. The van der Waals surface area contributed by atoms with E-state index in [-0.39, 0.29) is 28.7 Å². The number of aromatic carboxylic acids is 1. The summed E-state index contributed by atoms with van der Waals surface area (Å²) in [6, 6.07) is 4.64. The lowest BCUT2D eigenvalue weighted by Gasteiger charge is -2.34. The van der Waals surface area contributed by atoms with Crippen LogP contribution in [0.25, 0.3) is 0 Å². The molecule has 1 amide bonds. The van der Waals surface area contributed by atoms with Crippen LogP contribution in [-0.4, -0.2) is 23.5 Å². The standard InChI is InChI=1S/C15H19ClN2O3/c16-10-5-4-6-11(12(10)13(19)20)18-14(21)15(9-17)7-2-1-3-8-15/h4-6H,1-3,7-9,17H2,(H,18,21)(H,19,20). The van der Waals surface area contributed by atoms with E-state index < -0.39 is 11.4 Å².